The maximum absolute atomic E-state index is 12.3. The third-order valence-electron chi connectivity index (χ3n) is 4.00. The van der Waals surface area contributed by atoms with E-state index in [1.807, 2.05) is 0 Å². The van der Waals surface area contributed by atoms with Crippen molar-refractivity contribution in [1.29, 1.82) is 0 Å². The molecule has 0 radical (unpaired) electrons. The van der Waals surface area contributed by atoms with E-state index in [1.54, 1.807) is 13.8 Å². The van der Waals surface area contributed by atoms with Gasteiger partial charge >= 0.3 is 0 Å². The predicted octanol–water partition coefficient (Wildman–Crippen LogP) is 1.24. The fourth-order valence-corrected chi connectivity index (χ4v) is 2.84. The molecule has 0 atom stereocenters. The maximum Gasteiger partial charge on any atom is 0.254 e. The topological polar surface area (TPSA) is 92.7 Å². The minimum Gasteiger partial charge on any atom is -0.349 e. The fourth-order valence-electron chi connectivity index (χ4n) is 2.84. The third kappa shape index (κ3) is 2.79. The molecule has 2 N–H and O–H groups in total. The lowest BCUT2D eigenvalue weighted by Gasteiger charge is -2.11. The second-order valence-electron chi connectivity index (χ2n) is 5.72. The number of aromatic nitrogens is 4. The van der Waals surface area contributed by atoms with Crippen LogP contribution in [0.5, 0.6) is 0 Å². The smallest absolute Gasteiger partial charge is 0.254 e. The first kappa shape index (κ1) is 14.5. The van der Waals surface area contributed by atoms with Crippen molar-refractivity contribution in [2.45, 2.75) is 45.6 Å². The summed E-state index contributed by atoms with van der Waals surface area (Å²) in [7, 11) is 0. The van der Waals surface area contributed by atoms with Crippen molar-refractivity contribution in [2.75, 3.05) is 0 Å². The molecule has 7 heteroatoms. The number of carbonyl (C=O) groups is 1. The highest BCUT2D eigenvalue weighted by molar-refractivity contribution is 5.95. The van der Waals surface area contributed by atoms with Gasteiger partial charge in [0.25, 0.3) is 11.5 Å². The van der Waals surface area contributed by atoms with Crippen LogP contribution in [-0.4, -0.2) is 31.7 Å². The van der Waals surface area contributed by atoms with Crippen LogP contribution in [-0.2, 0) is 0 Å². The Balaban J connectivity index is 1.87. The molecule has 0 aliphatic heterocycles. The third-order valence-corrected chi connectivity index (χ3v) is 4.00. The van der Waals surface area contributed by atoms with Crippen LogP contribution >= 0.6 is 0 Å². The molecule has 116 valence electrons. The molecule has 0 saturated heterocycles. The first-order valence-electron chi connectivity index (χ1n) is 7.48. The normalized spacial score (nSPS) is 15.2. The van der Waals surface area contributed by atoms with Gasteiger partial charge in [-0.05, 0) is 26.7 Å². The number of H-pyrrole nitrogens is 1. The number of nitrogens with one attached hydrogen (secondary N) is 2. The van der Waals surface area contributed by atoms with Crippen LogP contribution in [0.4, 0.5) is 0 Å². The van der Waals surface area contributed by atoms with Gasteiger partial charge in [-0.1, -0.05) is 12.8 Å². The molecule has 3 rings (SSSR count). The summed E-state index contributed by atoms with van der Waals surface area (Å²) in [6.07, 6.45) is 5.91. The van der Waals surface area contributed by atoms with Gasteiger partial charge in [0.05, 0.1) is 17.5 Å². The molecule has 2 heterocycles. The number of nitrogens with zero attached hydrogens (tertiary/aromatic N) is 3. The molecule has 2 aromatic rings. The summed E-state index contributed by atoms with van der Waals surface area (Å²) in [6, 6.07) is 1.67. The van der Waals surface area contributed by atoms with Crippen LogP contribution in [0.3, 0.4) is 0 Å². The quantitative estimate of drug-likeness (QED) is 0.892. The lowest BCUT2D eigenvalue weighted by Crippen LogP contribution is -2.32. The number of rotatable bonds is 3. The number of carbonyl (C=O) groups excluding carboxylic acids is 1. The Labute approximate surface area is 127 Å². The summed E-state index contributed by atoms with van der Waals surface area (Å²) < 4.78 is 1.48. The molecule has 1 amide bonds. The molecule has 2 aromatic heterocycles. The summed E-state index contributed by atoms with van der Waals surface area (Å²) in [6.45, 7) is 3.53. The van der Waals surface area contributed by atoms with Gasteiger partial charge in [0.2, 0.25) is 5.95 Å². The Morgan fingerprint density at radius 3 is 2.77 bits per heavy atom. The second kappa shape index (κ2) is 5.75. The van der Waals surface area contributed by atoms with Crippen LogP contribution in [0.15, 0.2) is 17.1 Å². The Bertz CT molecular complexity index is 756. The van der Waals surface area contributed by atoms with E-state index in [0.29, 0.717) is 22.9 Å². The van der Waals surface area contributed by atoms with Crippen molar-refractivity contribution >= 4 is 5.91 Å². The molecule has 7 nitrogen and oxygen atoms in total. The van der Waals surface area contributed by atoms with Crippen molar-refractivity contribution in [1.82, 2.24) is 25.1 Å². The average Bonchev–Trinajstić information content (AvgIpc) is 3.07. The van der Waals surface area contributed by atoms with E-state index in [0.717, 1.165) is 25.7 Å². The van der Waals surface area contributed by atoms with Crippen LogP contribution in [0.1, 0.15) is 47.4 Å². The van der Waals surface area contributed by atoms with Gasteiger partial charge in [0.15, 0.2) is 0 Å². The van der Waals surface area contributed by atoms with Gasteiger partial charge in [0.1, 0.15) is 0 Å². The van der Waals surface area contributed by atoms with E-state index in [9.17, 15) is 9.59 Å². The number of aromatic amines is 1. The van der Waals surface area contributed by atoms with Gasteiger partial charge in [0, 0.05) is 17.8 Å². The number of amides is 1. The number of hydrogen-bond donors (Lipinski definition) is 2. The summed E-state index contributed by atoms with van der Waals surface area (Å²) in [5.74, 6) is 0.202. The Hall–Kier alpha value is -2.44. The maximum atomic E-state index is 12.3. The molecule has 0 aromatic carbocycles. The highest BCUT2D eigenvalue weighted by atomic mass is 16.1. The highest BCUT2D eigenvalue weighted by Gasteiger charge is 2.21. The monoisotopic (exact) mass is 301 g/mol. The zero-order valence-corrected chi connectivity index (χ0v) is 12.7. The van der Waals surface area contributed by atoms with E-state index in [4.69, 9.17) is 0 Å². The van der Waals surface area contributed by atoms with Gasteiger partial charge < -0.3 is 5.32 Å². The van der Waals surface area contributed by atoms with Crippen LogP contribution in [0, 0.1) is 13.8 Å². The van der Waals surface area contributed by atoms with E-state index in [1.165, 1.54) is 16.9 Å². The standard InChI is InChI=1S/C15H19N5O2/c1-9-7-13(21)19-15(17-9)20-10(2)12(8-16-20)14(22)18-11-5-3-4-6-11/h7-8,11H,3-6H2,1-2H3,(H,18,22)(H,17,19,21). The lowest BCUT2D eigenvalue weighted by molar-refractivity contribution is 0.0937. The SMILES string of the molecule is Cc1cc(=O)[nH]c(-n2ncc(C(=O)NC3CCCC3)c2C)n1. The molecule has 1 aliphatic rings. The summed E-state index contributed by atoms with van der Waals surface area (Å²) in [4.78, 5) is 30.8. The number of hydrogen-bond acceptors (Lipinski definition) is 4. The summed E-state index contributed by atoms with van der Waals surface area (Å²) in [5, 5.41) is 7.23. The Kier molecular flexibility index (Phi) is 3.79. The molecule has 0 bridgehead atoms. The molecule has 1 saturated carbocycles. The second-order valence-corrected chi connectivity index (χ2v) is 5.72. The van der Waals surface area contributed by atoms with Gasteiger partial charge in [-0.3, -0.25) is 14.6 Å². The molecule has 0 spiro atoms. The predicted molar refractivity (Wildman–Crippen MR) is 81.2 cm³/mol. The zero-order valence-electron chi connectivity index (χ0n) is 12.7. The van der Waals surface area contributed by atoms with E-state index >= 15 is 0 Å². The van der Waals surface area contributed by atoms with Crippen molar-refractivity contribution in [3.05, 3.63) is 39.6 Å². The minimum absolute atomic E-state index is 0.120. The molecule has 0 unspecified atom stereocenters. The van der Waals surface area contributed by atoms with Crippen molar-refractivity contribution < 1.29 is 4.79 Å². The average molecular weight is 301 g/mol. The van der Waals surface area contributed by atoms with Gasteiger partial charge in [-0.25, -0.2) is 9.67 Å². The molecule has 22 heavy (non-hydrogen) atoms. The van der Waals surface area contributed by atoms with Gasteiger partial charge in [-0.15, -0.1) is 0 Å². The van der Waals surface area contributed by atoms with Crippen LogP contribution < -0.4 is 10.9 Å². The lowest BCUT2D eigenvalue weighted by atomic mass is 10.2. The van der Waals surface area contributed by atoms with Crippen molar-refractivity contribution in [3.63, 3.8) is 0 Å². The van der Waals surface area contributed by atoms with Crippen LogP contribution in [0.25, 0.3) is 5.95 Å². The van der Waals surface area contributed by atoms with Crippen molar-refractivity contribution in [2.24, 2.45) is 0 Å². The fraction of sp³-hybridized carbons (Fsp3) is 0.467. The highest BCUT2D eigenvalue weighted by Crippen LogP contribution is 2.19. The van der Waals surface area contributed by atoms with E-state index in [-0.39, 0.29) is 17.5 Å². The minimum atomic E-state index is -0.241. The van der Waals surface area contributed by atoms with E-state index < -0.39 is 0 Å². The molecular formula is C15H19N5O2. The van der Waals surface area contributed by atoms with Crippen molar-refractivity contribution in [3.8, 4) is 5.95 Å². The largest absolute Gasteiger partial charge is 0.349 e. The molecular weight excluding hydrogens is 282 g/mol. The Morgan fingerprint density at radius 1 is 1.36 bits per heavy atom. The zero-order chi connectivity index (χ0) is 15.7. The summed E-state index contributed by atoms with van der Waals surface area (Å²) >= 11 is 0. The van der Waals surface area contributed by atoms with E-state index in [2.05, 4.69) is 20.4 Å². The summed E-state index contributed by atoms with van der Waals surface area (Å²) in [5.41, 5.74) is 1.53. The van der Waals surface area contributed by atoms with Gasteiger partial charge in [-0.2, -0.15) is 5.10 Å². The first-order chi connectivity index (χ1) is 10.5. The Morgan fingerprint density at radius 2 is 2.09 bits per heavy atom. The van der Waals surface area contributed by atoms with Crippen LogP contribution in [0.2, 0.25) is 0 Å². The molecule has 1 fully saturated rings. The number of aryl methyl sites for hydroxylation is 1. The first-order valence-corrected chi connectivity index (χ1v) is 7.48. The molecule has 1 aliphatic carbocycles.